The van der Waals surface area contributed by atoms with Crippen molar-refractivity contribution in [3.05, 3.63) is 34.1 Å². The van der Waals surface area contributed by atoms with Crippen molar-refractivity contribution in [2.75, 3.05) is 19.7 Å². The fraction of sp³-hybridized carbons (Fsp3) is 0.462. The molecule has 0 radical (unpaired) electrons. The Balaban J connectivity index is 2.18. The van der Waals surface area contributed by atoms with Gasteiger partial charge in [0, 0.05) is 18.7 Å². The molecule has 0 unspecified atom stereocenters. The Labute approximate surface area is 114 Å². The van der Waals surface area contributed by atoms with Crippen LogP contribution in [-0.4, -0.2) is 36.1 Å². The average molecular weight is 316 g/mol. The fourth-order valence-corrected chi connectivity index (χ4v) is 2.38. The molecule has 0 aliphatic carbocycles. The molecule has 98 valence electrons. The molecule has 1 aliphatic rings. The normalized spacial score (nSPS) is 18.8. The number of hydrogen-bond acceptors (Lipinski definition) is 2. The van der Waals surface area contributed by atoms with Gasteiger partial charge in [-0.05, 0) is 48.0 Å². The van der Waals surface area contributed by atoms with Gasteiger partial charge in [0.25, 0.3) is 5.91 Å². The number of halogens is 2. The maximum absolute atomic E-state index is 13.1. The molecule has 0 spiro atoms. The van der Waals surface area contributed by atoms with Gasteiger partial charge in [0.1, 0.15) is 5.82 Å². The SMILES string of the molecule is CC1(C)CN(C(=O)c2ccc(F)c(Br)c2)CCO1. The van der Waals surface area contributed by atoms with Gasteiger partial charge < -0.3 is 9.64 Å². The lowest BCUT2D eigenvalue weighted by molar-refractivity contribution is -0.0764. The lowest BCUT2D eigenvalue weighted by Crippen LogP contribution is -2.50. The summed E-state index contributed by atoms with van der Waals surface area (Å²) in [5.74, 6) is -0.457. The molecule has 1 aliphatic heterocycles. The van der Waals surface area contributed by atoms with E-state index >= 15 is 0 Å². The van der Waals surface area contributed by atoms with Crippen LogP contribution in [0, 0.1) is 5.82 Å². The molecular formula is C13H15BrFNO2. The zero-order valence-electron chi connectivity index (χ0n) is 10.4. The summed E-state index contributed by atoms with van der Waals surface area (Å²) >= 11 is 3.09. The van der Waals surface area contributed by atoms with E-state index in [0.717, 1.165) is 0 Å². The molecule has 1 heterocycles. The molecule has 3 nitrogen and oxygen atoms in total. The number of carbonyl (C=O) groups is 1. The second-order valence-electron chi connectivity index (χ2n) is 4.96. The van der Waals surface area contributed by atoms with Crippen molar-refractivity contribution in [3.63, 3.8) is 0 Å². The van der Waals surface area contributed by atoms with E-state index in [1.807, 2.05) is 13.8 Å². The van der Waals surface area contributed by atoms with Gasteiger partial charge in [0.05, 0.1) is 16.7 Å². The highest BCUT2D eigenvalue weighted by molar-refractivity contribution is 9.10. The average Bonchev–Trinajstić information content (AvgIpc) is 2.30. The molecule has 0 saturated carbocycles. The Bertz CT molecular complexity index is 476. The van der Waals surface area contributed by atoms with Crippen LogP contribution < -0.4 is 0 Å². The number of morpholine rings is 1. The number of nitrogens with zero attached hydrogens (tertiary/aromatic N) is 1. The predicted octanol–water partition coefficient (Wildman–Crippen LogP) is 2.84. The number of rotatable bonds is 1. The van der Waals surface area contributed by atoms with E-state index in [-0.39, 0.29) is 17.3 Å². The second-order valence-corrected chi connectivity index (χ2v) is 5.82. The third-order valence-corrected chi connectivity index (χ3v) is 3.49. The smallest absolute Gasteiger partial charge is 0.254 e. The van der Waals surface area contributed by atoms with Crippen LogP contribution >= 0.6 is 15.9 Å². The van der Waals surface area contributed by atoms with Crippen molar-refractivity contribution in [2.45, 2.75) is 19.4 Å². The number of amides is 1. The molecular weight excluding hydrogens is 301 g/mol. The Morgan fingerprint density at radius 3 is 2.83 bits per heavy atom. The number of benzene rings is 1. The van der Waals surface area contributed by atoms with E-state index in [0.29, 0.717) is 29.7 Å². The van der Waals surface area contributed by atoms with Crippen LogP contribution in [0.15, 0.2) is 22.7 Å². The van der Waals surface area contributed by atoms with Crippen LogP contribution in [-0.2, 0) is 4.74 Å². The molecule has 0 aromatic heterocycles. The van der Waals surface area contributed by atoms with E-state index in [1.165, 1.54) is 18.2 Å². The predicted molar refractivity (Wildman–Crippen MR) is 70.0 cm³/mol. The monoisotopic (exact) mass is 315 g/mol. The van der Waals surface area contributed by atoms with Crippen molar-refractivity contribution in [2.24, 2.45) is 0 Å². The minimum Gasteiger partial charge on any atom is -0.372 e. The van der Waals surface area contributed by atoms with E-state index in [9.17, 15) is 9.18 Å². The maximum atomic E-state index is 13.1. The van der Waals surface area contributed by atoms with E-state index in [4.69, 9.17) is 4.74 Å². The molecule has 1 amide bonds. The quantitative estimate of drug-likeness (QED) is 0.797. The first-order valence-electron chi connectivity index (χ1n) is 5.77. The van der Waals surface area contributed by atoms with E-state index < -0.39 is 0 Å². The summed E-state index contributed by atoms with van der Waals surface area (Å²) < 4.78 is 19.0. The van der Waals surface area contributed by atoms with Crippen molar-refractivity contribution in [1.29, 1.82) is 0 Å². The summed E-state index contributed by atoms with van der Waals surface area (Å²) in [5.41, 5.74) is 0.159. The van der Waals surface area contributed by atoms with E-state index in [1.54, 1.807) is 4.90 Å². The number of hydrogen-bond donors (Lipinski definition) is 0. The Kier molecular flexibility index (Phi) is 3.73. The van der Waals surface area contributed by atoms with Crippen LogP contribution in [0.3, 0.4) is 0 Å². The van der Waals surface area contributed by atoms with Gasteiger partial charge in [0.15, 0.2) is 0 Å². The molecule has 1 saturated heterocycles. The first-order chi connectivity index (χ1) is 8.39. The van der Waals surface area contributed by atoms with Crippen LogP contribution in [0.5, 0.6) is 0 Å². The summed E-state index contributed by atoms with van der Waals surface area (Å²) in [6.45, 7) is 5.54. The molecule has 0 bridgehead atoms. The van der Waals surface area contributed by atoms with Gasteiger partial charge in [0.2, 0.25) is 0 Å². The Hall–Kier alpha value is -0.940. The maximum Gasteiger partial charge on any atom is 0.254 e. The first-order valence-corrected chi connectivity index (χ1v) is 6.57. The molecule has 1 fully saturated rings. The summed E-state index contributed by atoms with van der Waals surface area (Å²) in [4.78, 5) is 14.0. The summed E-state index contributed by atoms with van der Waals surface area (Å²) in [6, 6.07) is 4.31. The molecule has 2 rings (SSSR count). The van der Waals surface area contributed by atoms with Crippen LogP contribution in [0.1, 0.15) is 24.2 Å². The molecule has 1 aromatic rings. The molecule has 1 aromatic carbocycles. The highest BCUT2D eigenvalue weighted by Gasteiger charge is 2.30. The lowest BCUT2D eigenvalue weighted by atomic mass is 10.1. The number of ether oxygens (including phenoxy) is 1. The lowest BCUT2D eigenvalue weighted by Gasteiger charge is -2.38. The topological polar surface area (TPSA) is 29.5 Å². The van der Waals surface area contributed by atoms with E-state index in [2.05, 4.69) is 15.9 Å². The van der Waals surface area contributed by atoms with Gasteiger partial charge in [-0.25, -0.2) is 4.39 Å². The highest BCUT2D eigenvalue weighted by atomic mass is 79.9. The van der Waals surface area contributed by atoms with Gasteiger partial charge in [-0.2, -0.15) is 0 Å². The third-order valence-electron chi connectivity index (χ3n) is 2.88. The van der Waals surface area contributed by atoms with Crippen LogP contribution in [0.2, 0.25) is 0 Å². The van der Waals surface area contributed by atoms with Gasteiger partial charge in [-0.15, -0.1) is 0 Å². The zero-order chi connectivity index (χ0) is 13.3. The standard InChI is InChI=1S/C13H15BrFNO2/c1-13(2)8-16(5-6-18-13)12(17)9-3-4-11(15)10(14)7-9/h3-4,7H,5-6,8H2,1-2H3. The van der Waals surface area contributed by atoms with Crippen molar-refractivity contribution in [3.8, 4) is 0 Å². The largest absolute Gasteiger partial charge is 0.372 e. The van der Waals surface area contributed by atoms with Gasteiger partial charge in [-0.1, -0.05) is 0 Å². The molecule has 0 atom stereocenters. The zero-order valence-corrected chi connectivity index (χ0v) is 12.0. The summed E-state index contributed by atoms with van der Waals surface area (Å²) in [7, 11) is 0. The van der Waals surface area contributed by atoms with Crippen LogP contribution in [0.25, 0.3) is 0 Å². The Morgan fingerprint density at radius 1 is 1.50 bits per heavy atom. The van der Waals surface area contributed by atoms with Crippen molar-refractivity contribution < 1.29 is 13.9 Å². The van der Waals surface area contributed by atoms with Crippen LogP contribution in [0.4, 0.5) is 4.39 Å². The summed E-state index contributed by atoms with van der Waals surface area (Å²) in [6.07, 6.45) is 0. The third kappa shape index (κ3) is 2.90. The minimum atomic E-state index is -0.367. The van der Waals surface area contributed by atoms with Crippen molar-refractivity contribution in [1.82, 2.24) is 4.90 Å². The van der Waals surface area contributed by atoms with Gasteiger partial charge in [-0.3, -0.25) is 4.79 Å². The second kappa shape index (κ2) is 4.97. The molecule has 5 heteroatoms. The van der Waals surface area contributed by atoms with Crippen molar-refractivity contribution >= 4 is 21.8 Å². The summed E-state index contributed by atoms with van der Waals surface area (Å²) in [5, 5.41) is 0. The minimum absolute atomic E-state index is 0.0907. The number of carbonyl (C=O) groups excluding carboxylic acids is 1. The Morgan fingerprint density at radius 2 is 2.22 bits per heavy atom. The van der Waals surface area contributed by atoms with Gasteiger partial charge >= 0.3 is 0 Å². The fourth-order valence-electron chi connectivity index (χ4n) is 2.00. The first kappa shape index (κ1) is 13.5. The molecule has 18 heavy (non-hydrogen) atoms. The molecule has 0 N–H and O–H groups in total. The highest BCUT2D eigenvalue weighted by Crippen LogP contribution is 2.21.